The molecule has 1 aliphatic rings. The number of esters is 1. The van der Waals surface area contributed by atoms with Crippen LogP contribution in [0.4, 0.5) is 22.7 Å². The summed E-state index contributed by atoms with van der Waals surface area (Å²) in [6, 6.07) is 11.1. The number of carbonyl (C=O) groups excluding carboxylic acids is 1. The minimum absolute atomic E-state index is 0.113. The van der Waals surface area contributed by atoms with Crippen molar-refractivity contribution in [1.29, 1.82) is 0 Å². The molecule has 6 heteroatoms. The van der Waals surface area contributed by atoms with Crippen LogP contribution in [0.25, 0.3) is 0 Å². The van der Waals surface area contributed by atoms with Crippen LogP contribution in [0.5, 0.6) is 0 Å². The van der Waals surface area contributed by atoms with Crippen LogP contribution >= 0.6 is 0 Å². The number of benzene rings is 2. The molecule has 0 spiro atoms. The number of hydrogen-bond donors (Lipinski definition) is 4. The van der Waals surface area contributed by atoms with E-state index in [0.717, 1.165) is 11.1 Å². The second-order valence-electron chi connectivity index (χ2n) is 6.32. The van der Waals surface area contributed by atoms with E-state index in [1.54, 1.807) is 12.1 Å². The van der Waals surface area contributed by atoms with Crippen molar-refractivity contribution in [3.05, 3.63) is 47.5 Å². The molecule has 1 heterocycles. The minimum Gasteiger partial charge on any atom is -0.465 e. The van der Waals surface area contributed by atoms with Crippen molar-refractivity contribution in [2.24, 2.45) is 5.92 Å². The van der Waals surface area contributed by atoms with E-state index in [9.17, 15) is 4.79 Å². The minimum atomic E-state index is -0.217. The molecular weight excluding hydrogens is 304 g/mol. The lowest BCUT2D eigenvalue weighted by molar-refractivity contribution is -0.154. The van der Waals surface area contributed by atoms with Crippen LogP contribution in [0.15, 0.2) is 36.4 Å². The van der Waals surface area contributed by atoms with Crippen molar-refractivity contribution in [2.75, 3.05) is 29.5 Å². The maximum absolute atomic E-state index is 12.1. The topological polar surface area (TPSA) is 130 Å². The first-order valence-corrected chi connectivity index (χ1v) is 7.89. The standard InChI is InChI=1S/C18H22N4O2/c19-14-3-1-10(6-16(14)21)5-12-7-13(9-24-18(12)23)11-2-4-15(20)17(22)8-11/h1-4,6,8,12-13H,5,7,9,19-22H2/t12-,13-/m0/s1. The molecule has 6 nitrogen and oxygen atoms in total. The zero-order valence-electron chi connectivity index (χ0n) is 13.4. The Morgan fingerprint density at radius 2 is 1.58 bits per heavy atom. The molecule has 0 saturated carbocycles. The maximum atomic E-state index is 12.1. The highest BCUT2D eigenvalue weighted by Gasteiger charge is 2.31. The Balaban J connectivity index is 1.76. The van der Waals surface area contributed by atoms with E-state index in [1.165, 1.54) is 0 Å². The zero-order valence-corrected chi connectivity index (χ0v) is 13.4. The van der Waals surface area contributed by atoms with Gasteiger partial charge in [-0.2, -0.15) is 0 Å². The number of nitrogen functional groups attached to an aromatic ring is 4. The monoisotopic (exact) mass is 326 g/mol. The molecule has 0 aliphatic carbocycles. The quantitative estimate of drug-likeness (QED) is 0.503. The molecule has 0 bridgehead atoms. The average Bonchev–Trinajstić information content (AvgIpc) is 2.56. The van der Waals surface area contributed by atoms with Gasteiger partial charge in [0.15, 0.2) is 0 Å². The molecule has 1 saturated heterocycles. The number of ether oxygens (including phenoxy) is 1. The smallest absolute Gasteiger partial charge is 0.309 e. The molecular formula is C18H22N4O2. The van der Waals surface area contributed by atoms with Crippen LogP contribution in [-0.2, 0) is 16.0 Å². The highest BCUT2D eigenvalue weighted by Crippen LogP contribution is 2.33. The summed E-state index contributed by atoms with van der Waals surface area (Å²) in [5, 5.41) is 0. The summed E-state index contributed by atoms with van der Waals surface area (Å²) in [4.78, 5) is 12.1. The van der Waals surface area contributed by atoms with Crippen LogP contribution in [0.3, 0.4) is 0 Å². The summed E-state index contributed by atoms with van der Waals surface area (Å²) in [5.74, 6) is -0.280. The Labute approximate surface area is 140 Å². The Bertz CT molecular complexity index is 776. The molecule has 2 aromatic rings. The zero-order chi connectivity index (χ0) is 17.3. The second-order valence-corrected chi connectivity index (χ2v) is 6.32. The fraction of sp³-hybridized carbons (Fsp3) is 0.278. The van der Waals surface area contributed by atoms with Gasteiger partial charge in [0.25, 0.3) is 0 Å². The highest BCUT2D eigenvalue weighted by molar-refractivity contribution is 5.74. The van der Waals surface area contributed by atoms with Gasteiger partial charge in [-0.25, -0.2) is 0 Å². The third-order valence-electron chi connectivity index (χ3n) is 4.54. The molecule has 2 atom stereocenters. The molecule has 3 rings (SSSR count). The Kier molecular flexibility index (Phi) is 4.20. The lowest BCUT2D eigenvalue weighted by Crippen LogP contribution is -2.31. The van der Waals surface area contributed by atoms with E-state index in [2.05, 4.69) is 0 Å². The molecule has 8 N–H and O–H groups in total. The number of anilines is 4. The van der Waals surface area contributed by atoms with Gasteiger partial charge in [0.05, 0.1) is 35.3 Å². The molecule has 126 valence electrons. The van der Waals surface area contributed by atoms with Crippen molar-refractivity contribution >= 4 is 28.7 Å². The Morgan fingerprint density at radius 3 is 2.25 bits per heavy atom. The van der Waals surface area contributed by atoms with Gasteiger partial charge in [0, 0.05) is 5.92 Å². The molecule has 0 aromatic heterocycles. The van der Waals surface area contributed by atoms with Crippen molar-refractivity contribution in [3.8, 4) is 0 Å². The third kappa shape index (κ3) is 3.22. The first-order valence-electron chi connectivity index (χ1n) is 7.89. The van der Waals surface area contributed by atoms with Crippen LogP contribution in [0.1, 0.15) is 23.5 Å². The van der Waals surface area contributed by atoms with E-state index in [0.29, 0.717) is 42.2 Å². The van der Waals surface area contributed by atoms with Crippen LogP contribution in [0.2, 0.25) is 0 Å². The summed E-state index contributed by atoms with van der Waals surface area (Å²) in [5.41, 5.74) is 27.4. The van der Waals surface area contributed by atoms with Gasteiger partial charge in [-0.15, -0.1) is 0 Å². The van der Waals surface area contributed by atoms with Gasteiger partial charge in [-0.3, -0.25) is 4.79 Å². The summed E-state index contributed by atoms with van der Waals surface area (Å²) in [6.45, 7) is 0.364. The largest absolute Gasteiger partial charge is 0.465 e. The lowest BCUT2D eigenvalue weighted by atomic mass is 9.84. The lowest BCUT2D eigenvalue weighted by Gasteiger charge is -2.29. The van der Waals surface area contributed by atoms with Gasteiger partial charge in [0.2, 0.25) is 0 Å². The van der Waals surface area contributed by atoms with E-state index >= 15 is 0 Å². The van der Waals surface area contributed by atoms with Crippen LogP contribution in [-0.4, -0.2) is 12.6 Å². The third-order valence-corrected chi connectivity index (χ3v) is 4.54. The predicted octanol–water partition coefficient (Wildman–Crippen LogP) is 1.90. The molecule has 2 aromatic carbocycles. The van der Waals surface area contributed by atoms with Crippen molar-refractivity contribution in [2.45, 2.75) is 18.8 Å². The summed E-state index contributed by atoms with van der Waals surface area (Å²) in [6.07, 6.45) is 1.27. The van der Waals surface area contributed by atoms with Gasteiger partial charge >= 0.3 is 5.97 Å². The summed E-state index contributed by atoms with van der Waals surface area (Å²) >= 11 is 0. The molecule has 0 unspecified atom stereocenters. The van der Waals surface area contributed by atoms with Crippen LogP contribution in [0, 0.1) is 5.92 Å². The average molecular weight is 326 g/mol. The summed E-state index contributed by atoms with van der Waals surface area (Å²) < 4.78 is 5.39. The molecule has 24 heavy (non-hydrogen) atoms. The number of carbonyl (C=O) groups is 1. The molecule has 0 radical (unpaired) electrons. The van der Waals surface area contributed by atoms with E-state index in [4.69, 9.17) is 27.7 Å². The first-order chi connectivity index (χ1) is 11.4. The predicted molar refractivity (Wildman–Crippen MR) is 96.0 cm³/mol. The van der Waals surface area contributed by atoms with E-state index in [-0.39, 0.29) is 17.8 Å². The van der Waals surface area contributed by atoms with Gasteiger partial charge in [-0.05, 0) is 48.2 Å². The number of hydrogen-bond acceptors (Lipinski definition) is 6. The Morgan fingerprint density at radius 1 is 0.917 bits per heavy atom. The number of nitrogens with two attached hydrogens (primary N) is 4. The molecule has 1 aliphatic heterocycles. The molecule has 1 fully saturated rings. The normalized spacial score (nSPS) is 20.6. The SMILES string of the molecule is Nc1ccc(C[C@H]2C[C@H](c3ccc(N)c(N)c3)COC2=O)cc1N. The van der Waals surface area contributed by atoms with E-state index in [1.807, 2.05) is 24.3 Å². The fourth-order valence-corrected chi connectivity index (χ4v) is 3.09. The van der Waals surface area contributed by atoms with Gasteiger partial charge < -0.3 is 27.7 Å². The Hall–Kier alpha value is -2.89. The van der Waals surface area contributed by atoms with Gasteiger partial charge in [-0.1, -0.05) is 12.1 Å². The fourth-order valence-electron chi connectivity index (χ4n) is 3.09. The van der Waals surface area contributed by atoms with E-state index < -0.39 is 0 Å². The van der Waals surface area contributed by atoms with Crippen LogP contribution < -0.4 is 22.9 Å². The highest BCUT2D eigenvalue weighted by atomic mass is 16.5. The maximum Gasteiger partial charge on any atom is 0.309 e. The first kappa shape index (κ1) is 16.0. The summed E-state index contributed by atoms with van der Waals surface area (Å²) in [7, 11) is 0. The number of rotatable bonds is 3. The van der Waals surface area contributed by atoms with Gasteiger partial charge in [0.1, 0.15) is 0 Å². The second kappa shape index (κ2) is 6.31. The molecule has 0 amide bonds. The van der Waals surface area contributed by atoms with Crippen molar-refractivity contribution < 1.29 is 9.53 Å². The van der Waals surface area contributed by atoms with Crippen molar-refractivity contribution in [1.82, 2.24) is 0 Å². The number of cyclic esters (lactones) is 1. The van der Waals surface area contributed by atoms with Crippen molar-refractivity contribution in [3.63, 3.8) is 0 Å².